The number of nitrogens with zero attached hydrogens (tertiary/aromatic N) is 3. The molecule has 0 bridgehead atoms. The smallest absolute Gasteiger partial charge is 0.157 e. The Kier molecular flexibility index (Phi) is 3.88. The summed E-state index contributed by atoms with van der Waals surface area (Å²) >= 11 is 1.23. The van der Waals surface area contributed by atoms with E-state index >= 15 is 0 Å². The number of likely N-dealkylation sites (N-methyl/N-ethyl adjacent to an activating group) is 1. The molecule has 5 nitrogen and oxygen atoms in total. The molecular weight excluding hydrogens is 210 g/mol. The standard InChI is InChI=1S/C9H15N5S/c1-6(14(2)3)5-12-9-7(4-10)8(11)13-15-9/h6,12H,5H2,1-3H3,(H2,11,13). The lowest BCUT2D eigenvalue weighted by molar-refractivity contribution is 0.326. The number of nitrogens with two attached hydrogens (primary N) is 1. The zero-order valence-electron chi connectivity index (χ0n) is 9.11. The fourth-order valence-electron chi connectivity index (χ4n) is 0.954. The molecule has 0 radical (unpaired) electrons. The van der Waals surface area contributed by atoms with Gasteiger partial charge in [-0.1, -0.05) is 0 Å². The van der Waals surface area contributed by atoms with Crippen LogP contribution in [-0.2, 0) is 0 Å². The molecule has 0 amide bonds. The number of nitrogens with one attached hydrogen (secondary N) is 1. The van der Waals surface area contributed by atoms with Crippen molar-refractivity contribution < 1.29 is 0 Å². The van der Waals surface area contributed by atoms with Gasteiger partial charge in [0.05, 0.1) is 0 Å². The first-order valence-electron chi connectivity index (χ1n) is 4.61. The number of aromatic nitrogens is 1. The zero-order valence-corrected chi connectivity index (χ0v) is 9.93. The van der Waals surface area contributed by atoms with Crippen LogP contribution >= 0.6 is 11.5 Å². The Labute approximate surface area is 93.7 Å². The van der Waals surface area contributed by atoms with E-state index in [1.165, 1.54) is 11.5 Å². The Morgan fingerprint density at radius 2 is 2.33 bits per heavy atom. The van der Waals surface area contributed by atoms with E-state index in [1.807, 2.05) is 20.2 Å². The summed E-state index contributed by atoms with van der Waals surface area (Å²) in [5.41, 5.74) is 5.99. The predicted octanol–water partition coefficient (Wildman–Crippen LogP) is 0.959. The third-order valence-electron chi connectivity index (χ3n) is 2.27. The van der Waals surface area contributed by atoms with E-state index in [1.54, 1.807) is 0 Å². The van der Waals surface area contributed by atoms with Crippen molar-refractivity contribution in [1.29, 1.82) is 5.26 Å². The van der Waals surface area contributed by atoms with E-state index in [2.05, 4.69) is 21.5 Å². The minimum atomic E-state index is 0.308. The molecule has 0 spiro atoms. The zero-order chi connectivity index (χ0) is 11.4. The van der Waals surface area contributed by atoms with Gasteiger partial charge >= 0.3 is 0 Å². The van der Waals surface area contributed by atoms with Gasteiger partial charge in [0.1, 0.15) is 16.6 Å². The highest BCUT2D eigenvalue weighted by atomic mass is 32.1. The van der Waals surface area contributed by atoms with Crippen LogP contribution in [0.4, 0.5) is 10.8 Å². The lowest BCUT2D eigenvalue weighted by Gasteiger charge is -2.19. The normalized spacial score (nSPS) is 12.5. The van der Waals surface area contributed by atoms with Crippen LogP contribution in [0.15, 0.2) is 0 Å². The maximum absolute atomic E-state index is 8.85. The van der Waals surface area contributed by atoms with E-state index < -0.39 is 0 Å². The molecular formula is C9H15N5S. The maximum atomic E-state index is 8.85. The molecule has 6 heteroatoms. The van der Waals surface area contributed by atoms with Gasteiger partial charge in [-0.3, -0.25) is 0 Å². The number of hydrogen-bond acceptors (Lipinski definition) is 6. The summed E-state index contributed by atoms with van der Waals surface area (Å²) in [6.07, 6.45) is 0. The highest BCUT2D eigenvalue weighted by molar-refractivity contribution is 7.10. The highest BCUT2D eigenvalue weighted by Crippen LogP contribution is 2.25. The molecule has 1 heterocycles. The Morgan fingerprint density at radius 1 is 1.67 bits per heavy atom. The van der Waals surface area contributed by atoms with Crippen LogP contribution in [0.2, 0.25) is 0 Å². The second kappa shape index (κ2) is 4.96. The Balaban J connectivity index is 2.62. The average molecular weight is 225 g/mol. The molecule has 0 saturated heterocycles. The topological polar surface area (TPSA) is 78.0 Å². The lowest BCUT2D eigenvalue weighted by atomic mass is 10.3. The summed E-state index contributed by atoms with van der Waals surface area (Å²) in [5.74, 6) is 0.308. The van der Waals surface area contributed by atoms with Gasteiger partial charge in [-0.2, -0.15) is 9.64 Å². The molecule has 15 heavy (non-hydrogen) atoms. The number of hydrogen-bond donors (Lipinski definition) is 2. The van der Waals surface area contributed by atoms with E-state index in [0.717, 1.165) is 11.5 Å². The first-order valence-corrected chi connectivity index (χ1v) is 5.39. The van der Waals surface area contributed by atoms with Crippen molar-refractivity contribution in [2.75, 3.05) is 31.7 Å². The van der Waals surface area contributed by atoms with Crippen molar-refractivity contribution in [3.63, 3.8) is 0 Å². The van der Waals surface area contributed by atoms with E-state index in [4.69, 9.17) is 11.0 Å². The van der Waals surface area contributed by atoms with Gasteiger partial charge in [-0.05, 0) is 32.6 Å². The third kappa shape index (κ3) is 2.81. The van der Waals surface area contributed by atoms with Gasteiger partial charge in [-0.15, -0.1) is 0 Å². The molecule has 1 atom stereocenters. The van der Waals surface area contributed by atoms with E-state index in [9.17, 15) is 0 Å². The average Bonchev–Trinajstić information content (AvgIpc) is 2.55. The fourth-order valence-corrected chi connectivity index (χ4v) is 1.62. The van der Waals surface area contributed by atoms with Gasteiger partial charge in [0.15, 0.2) is 5.82 Å². The molecule has 82 valence electrons. The minimum Gasteiger partial charge on any atom is -0.382 e. The molecule has 0 aliphatic heterocycles. The van der Waals surface area contributed by atoms with Gasteiger partial charge in [0.25, 0.3) is 0 Å². The predicted molar refractivity (Wildman–Crippen MR) is 62.9 cm³/mol. The minimum absolute atomic E-state index is 0.308. The van der Waals surface area contributed by atoms with Crippen LogP contribution in [0.25, 0.3) is 0 Å². The summed E-state index contributed by atoms with van der Waals surface area (Å²) in [7, 11) is 4.02. The lowest BCUT2D eigenvalue weighted by Crippen LogP contribution is -2.31. The van der Waals surface area contributed by atoms with Crippen LogP contribution in [0, 0.1) is 11.3 Å². The van der Waals surface area contributed by atoms with Crippen molar-refractivity contribution in [1.82, 2.24) is 9.27 Å². The molecule has 3 N–H and O–H groups in total. The molecule has 0 aliphatic rings. The van der Waals surface area contributed by atoms with Crippen LogP contribution in [0.1, 0.15) is 12.5 Å². The molecule has 1 aromatic heterocycles. The van der Waals surface area contributed by atoms with Gasteiger partial charge in [-0.25, -0.2) is 0 Å². The maximum Gasteiger partial charge on any atom is 0.157 e. The van der Waals surface area contributed by atoms with Crippen LogP contribution < -0.4 is 11.1 Å². The first kappa shape index (κ1) is 11.8. The van der Waals surface area contributed by atoms with Crippen LogP contribution in [-0.4, -0.2) is 36.0 Å². The quantitative estimate of drug-likeness (QED) is 0.798. The molecule has 0 fully saturated rings. The molecule has 1 aromatic rings. The number of anilines is 2. The number of nitriles is 1. The molecule has 0 aromatic carbocycles. The molecule has 1 unspecified atom stereocenters. The van der Waals surface area contributed by atoms with Crippen molar-refractivity contribution in [3.8, 4) is 6.07 Å². The van der Waals surface area contributed by atoms with Crippen LogP contribution in [0.3, 0.4) is 0 Å². The largest absolute Gasteiger partial charge is 0.382 e. The molecule has 0 aliphatic carbocycles. The first-order chi connectivity index (χ1) is 7.06. The van der Waals surface area contributed by atoms with Crippen molar-refractivity contribution >= 4 is 22.4 Å². The number of rotatable bonds is 4. The Morgan fingerprint density at radius 3 is 2.87 bits per heavy atom. The van der Waals surface area contributed by atoms with Gasteiger partial charge in [0, 0.05) is 12.6 Å². The summed E-state index contributed by atoms with van der Waals surface area (Å²) in [6.45, 7) is 2.87. The SMILES string of the molecule is CC(CNc1snc(N)c1C#N)N(C)C. The number of nitrogen functional groups attached to an aromatic ring is 1. The second-order valence-electron chi connectivity index (χ2n) is 3.58. The molecule has 1 rings (SSSR count). The third-order valence-corrected chi connectivity index (χ3v) is 3.09. The summed E-state index contributed by atoms with van der Waals surface area (Å²) in [5, 5.41) is 12.8. The van der Waals surface area contributed by atoms with Gasteiger partial charge < -0.3 is 16.0 Å². The summed E-state index contributed by atoms with van der Waals surface area (Å²) in [6, 6.07) is 2.43. The van der Waals surface area contributed by atoms with Crippen molar-refractivity contribution in [2.45, 2.75) is 13.0 Å². The van der Waals surface area contributed by atoms with Crippen molar-refractivity contribution in [2.24, 2.45) is 0 Å². The van der Waals surface area contributed by atoms with Crippen molar-refractivity contribution in [3.05, 3.63) is 5.56 Å². The Hall–Kier alpha value is -1.32. The fraction of sp³-hybridized carbons (Fsp3) is 0.556. The Bertz CT molecular complexity index is 365. The monoisotopic (exact) mass is 225 g/mol. The second-order valence-corrected chi connectivity index (χ2v) is 4.35. The summed E-state index contributed by atoms with van der Waals surface area (Å²) in [4.78, 5) is 2.10. The molecule has 0 saturated carbocycles. The van der Waals surface area contributed by atoms with Gasteiger partial charge in [0.2, 0.25) is 0 Å². The highest BCUT2D eigenvalue weighted by Gasteiger charge is 2.11. The summed E-state index contributed by atoms with van der Waals surface area (Å²) < 4.78 is 3.93. The van der Waals surface area contributed by atoms with Crippen LogP contribution in [0.5, 0.6) is 0 Å². The van der Waals surface area contributed by atoms with E-state index in [-0.39, 0.29) is 0 Å². The van der Waals surface area contributed by atoms with E-state index in [0.29, 0.717) is 17.4 Å².